The van der Waals surface area contributed by atoms with E-state index >= 15 is 0 Å². The summed E-state index contributed by atoms with van der Waals surface area (Å²) in [6.45, 7) is 2.00. The zero-order chi connectivity index (χ0) is 19.8. The second-order valence-electron chi connectivity index (χ2n) is 6.21. The van der Waals surface area contributed by atoms with Crippen LogP contribution < -0.4 is 0 Å². The van der Waals surface area contributed by atoms with E-state index in [-0.39, 0.29) is 6.42 Å². The lowest BCUT2D eigenvalue weighted by Gasteiger charge is -2.06. The predicted octanol–water partition coefficient (Wildman–Crippen LogP) is 5.32. The van der Waals surface area contributed by atoms with E-state index in [4.69, 9.17) is 9.52 Å². The third kappa shape index (κ3) is 4.82. The third-order valence-corrected chi connectivity index (χ3v) is 4.13. The number of aliphatic carboxylic acids is 1. The van der Waals surface area contributed by atoms with Gasteiger partial charge in [0.2, 0.25) is 11.8 Å². The molecular formula is C23H22N2O3. The van der Waals surface area contributed by atoms with Gasteiger partial charge in [-0.05, 0) is 24.0 Å². The van der Waals surface area contributed by atoms with Crippen molar-refractivity contribution >= 4 is 22.7 Å². The van der Waals surface area contributed by atoms with E-state index in [1.165, 1.54) is 0 Å². The quantitative estimate of drug-likeness (QED) is 0.664. The summed E-state index contributed by atoms with van der Waals surface area (Å²) >= 11 is 0. The van der Waals surface area contributed by atoms with Gasteiger partial charge in [0, 0.05) is 11.1 Å². The second kappa shape index (κ2) is 9.46. The van der Waals surface area contributed by atoms with Gasteiger partial charge in [0.1, 0.15) is 0 Å². The minimum absolute atomic E-state index is 0.0567. The van der Waals surface area contributed by atoms with Gasteiger partial charge in [0.25, 0.3) is 0 Å². The van der Waals surface area contributed by atoms with Crippen molar-refractivity contribution in [2.75, 3.05) is 0 Å². The highest BCUT2D eigenvalue weighted by atomic mass is 16.4. The Kier molecular flexibility index (Phi) is 6.52. The summed E-state index contributed by atoms with van der Waals surface area (Å²) in [5.41, 5.74) is 3.68. The van der Waals surface area contributed by atoms with Crippen molar-refractivity contribution < 1.29 is 14.3 Å². The molecule has 0 bridgehead atoms. The van der Waals surface area contributed by atoms with Crippen molar-refractivity contribution in [1.82, 2.24) is 10.2 Å². The maximum Gasteiger partial charge on any atom is 0.307 e. The normalized spacial score (nSPS) is 14.7. The van der Waals surface area contributed by atoms with E-state index in [9.17, 15) is 4.79 Å². The molecule has 0 saturated heterocycles. The Morgan fingerprint density at radius 1 is 1.14 bits per heavy atom. The Morgan fingerprint density at radius 3 is 2.61 bits per heavy atom. The molecule has 0 amide bonds. The minimum atomic E-state index is -0.883. The van der Waals surface area contributed by atoms with Crippen LogP contribution in [-0.4, -0.2) is 21.3 Å². The highest BCUT2D eigenvalue weighted by Gasteiger charge is 2.16. The number of carboxylic acid groups (broad SMARTS) is 1. The molecule has 1 aliphatic carbocycles. The Bertz CT molecular complexity index is 976. The first-order valence-electron chi connectivity index (χ1n) is 9.24. The van der Waals surface area contributed by atoms with Gasteiger partial charge in [0.05, 0.1) is 6.42 Å². The lowest BCUT2D eigenvalue weighted by Crippen LogP contribution is -1.90. The monoisotopic (exact) mass is 374 g/mol. The molecule has 0 fully saturated rings. The minimum Gasteiger partial charge on any atom is -0.481 e. The average Bonchev–Trinajstić information content (AvgIpc) is 3.05. The van der Waals surface area contributed by atoms with Gasteiger partial charge >= 0.3 is 5.97 Å². The van der Waals surface area contributed by atoms with Gasteiger partial charge in [-0.2, -0.15) is 0 Å². The fourth-order valence-corrected chi connectivity index (χ4v) is 2.87. The number of benzene rings is 1. The first-order valence-corrected chi connectivity index (χ1v) is 9.24. The number of nitrogens with zero attached hydrogens (tertiary/aromatic N) is 2. The standard InChI is InChI=1S/C23H22N2O3/c1-2-10-18(13-9-16-21(26)27)22-24-25-23(28-22)20-15-8-4-7-14-19(20)17-11-5-3-6-12-17/h3,5-15H,2,4,16H2,1H3,(H,26,27)/b13-9-,18-10+. The molecule has 28 heavy (non-hydrogen) atoms. The van der Waals surface area contributed by atoms with Crippen molar-refractivity contribution in [3.63, 3.8) is 0 Å². The number of allylic oxidation sites excluding steroid dienone is 9. The first kappa shape index (κ1) is 19.3. The fraction of sp³-hybridized carbons (Fsp3) is 0.174. The molecule has 1 heterocycles. The molecular weight excluding hydrogens is 352 g/mol. The van der Waals surface area contributed by atoms with Gasteiger partial charge in [-0.25, -0.2) is 0 Å². The molecule has 0 aliphatic heterocycles. The van der Waals surface area contributed by atoms with E-state index in [2.05, 4.69) is 28.4 Å². The number of carboxylic acids is 1. The molecule has 0 spiro atoms. The molecule has 5 heteroatoms. The van der Waals surface area contributed by atoms with Gasteiger partial charge in [-0.1, -0.05) is 79.8 Å². The Labute approximate surface area is 164 Å². The largest absolute Gasteiger partial charge is 0.481 e. The zero-order valence-electron chi connectivity index (χ0n) is 15.7. The molecule has 0 saturated carbocycles. The van der Waals surface area contributed by atoms with Crippen molar-refractivity contribution in [1.29, 1.82) is 0 Å². The molecule has 2 aromatic rings. The van der Waals surface area contributed by atoms with E-state index in [0.717, 1.165) is 35.1 Å². The molecule has 0 radical (unpaired) electrons. The topological polar surface area (TPSA) is 76.2 Å². The van der Waals surface area contributed by atoms with Gasteiger partial charge in [-0.3, -0.25) is 4.79 Å². The summed E-state index contributed by atoms with van der Waals surface area (Å²) in [6, 6.07) is 10.1. The summed E-state index contributed by atoms with van der Waals surface area (Å²) < 4.78 is 5.97. The van der Waals surface area contributed by atoms with E-state index in [0.29, 0.717) is 11.8 Å². The summed E-state index contributed by atoms with van der Waals surface area (Å²) in [7, 11) is 0. The van der Waals surface area contributed by atoms with Crippen molar-refractivity contribution in [2.24, 2.45) is 0 Å². The number of hydrogen-bond acceptors (Lipinski definition) is 4. The van der Waals surface area contributed by atoms with E-state index in [1.54, 1.807) is 12.2 Å². The Morgan fingerprint density at radius 2 is 1.89 bits per heavy atom. The second-order valence-corrected chi connectivity index (χ2v) is 6.21. The molecule has 5 nitrogen and oxygen atoms in total. The van der Waals surface area contributed by atoms with Crippen LogP contribution in [0.1, 0.15) is 43.5 Å². The molecule has 1 aromatic heterocycles. The average molecular weight is 374 g/mol. The van der Waals surface area contributed by atoms with Crippen molar-refractivity contribution in [2.45, 2.75) is 26.2 Å². The van der Waals surface area contributed by atoms with Crippen molar-refractivity contribution in [3.8, 4) is 0 Å². The lowest BCUT2D eigenvalue weighted by molar-refractivity contribution is -0.136. The molecule has 1 aliphatic rings. The predicted molar refractivity (Wildman–Crippen MR) is 110 cm³/mol. The van der Waals surface area contributed by atoms with Gasteiger partial charge in [0.15, 0.2) is 0 Å². The van der Waals surface area contributed by atoms with Crippen LogP contribution >= 0.6 is 0 Å². The molecule has 1 N–H and O–H groups in total. The molecule has 0 unspecified atom stereocenters. The van der Waals surface area contributed by atoms with Gasteiger partial charge < -0.3 is 9.52 Å². The fourth-order valence-electron chi connectivity index (χ4n) is 2.87. The zero-order valence-corrected chi connectivity index (χ0v) is 15.7. The Balaban J connectivity index is 1.99. The molecule has 3 rings (SSSR count). The lowest BCUT2D eigenvalue weighted by atomic mass is 10.00. The molecule has 1 aromatic carbocycles. The van der Waals surface area contributed by atoms with Gasteiger partial charge in [-0.15, -0.1) is 10.2 Å². The smallest absolute Gasteiger partial charge is 0.307 e. The number of aromatic nitrogens is 2. The van der Waals surface area contributed by atoms with Crippen LogP contribution in [0.25, 0.3) is 16.7 Å². The van der Waals surface area contributed by atoms with E-state index in [1.807, 2.05) is 49.4 Å². The molecule has 0 atom stereocenters. The number of carbonyl (C=O) groups is 1. The first-order chi connectivity index (χ1) is 13.7. The van der Waals surface area contributed by atoms with Crippen LogP contribution in [0.2, 0.25) is 0 Å². The van der Waals surface area contributed by atoms with Crippen LogP contribution in [0, 0.1) is 0 Å². The molecule has 142 valence electrons. The maximum absolute atomic E-state index is 10.7. The SMILES string of the molecule is CC/C=C(\C=C/CC(=O)O)c1nnc(C2=C(c3ccccc3)C=CCC=C2)o1. The van der Waals surface area contributed by atoms with E-state index < -0.39 is 5.97 Å². The van der Waals surface area contributed by atoms with Crippen LogP contribution in [0.3, 0.4) is 0 Å². The third-order valence-electron chi connectivity index (χ3n) is 4.13. The summed E-state index contributed by atoms with van der Waals surface area (Å²) in [4.78, 5) is 10.7. The highest BCUT2D eigenvalue weighted by molar-refractivity contribution is 5.98. The van der Waals surface area contributed by atoms with Crippen LogP contribution in [-0.2, 0) is 4.79 Å². The summed E-state index contributed by atoms with van der Waals surface area (Å²) in [5.74, 6) is -0.0725. The summed E-state index contributed by atoms with van der Waals surface area (Å²) in [5, 5.41) is 17.3. The van der Waals surface area contributed by atoms with Crippen molar-refractivity contribution in [3.05, 3.63) is 90.2 Å². The van der Waals surface area contributed by atoms with Crippen LogP contribution in [0.4, 0.5) is 0 Å². The highest BCUT2D eigenvalue weighted by Crippen LogP contribution is 2.31. The summed E-state index contributed by atoms with van der Waals surface area (Å²) in [6.07, 6.45) is 15.0. The van der Waals surface area contributed by atoms with Crippen LogP contribution in [0.5, 0.6) is 0 Å². The number of hydrogen-bond donors (Lipinski definition) is 1. The number of rotatable bonds is 7. The maximum atomic E-state index is 10.7. The Hall–Kier alpha value is -3.47. The van der Waals surface area contributed by atoms with Crippen LogP contribution in [0.15, 0.2) is 77.3 Å².